The summed E-state index contributed by atoms with van der Waals surface area (Å²) in [5, 5.41) is 13.4. The van der Waals surface area contributed by atoms with Gasteiger partial charge in [0.1, 0.15) is 0 Å². The predicted octanol–water partition coefficient (Wildman–Crippen LogP) is 4.55. The van der Waals surface area contributed by atoms with Gasteiger partial charge in [-0.25, -0.2) is 4.79 Å². The van der Waals surface area contributed by atoms with Crippen molar-refractivity contribution in [3.63, 3.8) is 0 Å². The third kappa shape index (κ3) is 7.04. The molecular weight excluding hydrogens is 545 g/mol. The molecule has 0 fully saturated rings. The van der Waals surface area contributed by atoms with Crippen molar-refractivity contribution in [3.05, 3.63) is 72.1 Å². The molecule has 1 aromatic carbocycles. The third-order valence-electron chi connectivity index (χ3n) is 4.92. The summed E-state index contributed by atoms with van der Waals surface area (Å²) in [4.78, 5) is 40.5. The summed E-state index contributed by atoms with van der Waals surface area (Å²) in [5.41, 5.74) is 6.02. The number of hydrogen-bond acceptors (Lipinski definition) is 4. The number of carbonyl (C=O) groups excluding carboxylic acids is 2. The smallest absolute Gasteiger partial charge is 0.475 e. The molecule has 0 unspecified atom stereocenters. The number of anilines is 1. The molecule has 0 saturated heterocycles. The Morgan fingerprint density at radius 2 is 1.83 bits per heavy atom. The number of aromatic nitrogens is 2. The number of carboxylic acid groups (broad SMARTS) is 1. The lowest BCUT2D eigenvalue weighted by molar-refractivity contribution is -0.192. The van der Waals surface area contributed by atoms with Crippen LogP contribution in [0.25, 0.3) is 22.5 Å². The largest absolute Gasteiger partial charge is 0.490 e. The molecule has 188 valence electrons. The molecule has 0 saturated carbocycles. The summed E-state index contributed by atoms with van der Waals surface area (Å²) in [5.74, 6) is -2.96. The number of nitrogens with zero attached hydrogens (tertiary/aromatic N) is 1. The van der Waals surface area contributed by atoms with Crippen molar-refractivity contribution in [3.8, 4) is 22.5 Å². The van der Waals surface area contributed by atoms with Gasteiger partial charge >= 0.3 is 12.1 Å². The summed E-state index contributed by atoms with van der Waals surface area (Å²) in [6.45, 7) is 0.655. The highest BCUT2D eigenvalue weighted by atomic mass is 79.9. The Morgan fingerprint density at radius 1 is 1.14 bits per heavy atom. The molecule has 0 atom stereocenters. The van der Waals surface area contributed by atoms with Crippen LogP contribution in [0.4, 0.5) is 18.9 Å². The van der Waals surface area contributed by atoms with Gasteiger partial charge in [0.15, 0.2) is 0 Å². The van der Waals surface area contributed by atoms with Crippen LogP contribution in [0, 0.1) is 0 Å². The maximum Gasteiger partial charge on any atom is 0.490 e. The zero-order valence-corrected chi connectivity index (χ0v) is 20.1. The van der Waals surface area contributed by atoms with Gasteiger partial charge in [-0.2, -0.15) is 13.2 Å². The van der Waals surface area contributed by atoms with Crippen LogP contribution in [0.5, 0.6) is 0 Å². The number of aliphatic carboxylic acids is 1. The number of fused-ring (bicyclic) bond motifs is 1. The number of hydrogen-bond donors (Lipinski definition) is 4. The number of carbonyl (C=O) groups is 3. The quantitative estimate of drug-likeness (QED) is 0.267. The topological polar surface area (TPSA) is 124 Å². The number of benzene rings is 1. The highest BCUT2D eigenvalue weighted by Gasteiger charge is 2.38. The average molecular weight is 565 g/mol. The summed E-state index contributed by atoms with van der Waals surface area (Å²) in [7, 11) is 0. The molecule has 2 aromatic heterocycles. The first-order valence-corrected chi connectivity index (χ1v) is 11.6. The van der Waals surface area contributed by atoms with Gasteiger partial charge < -0.3 is 20.7 Å². The number of carboxylic acids is 1. The lowest BCUT2D eigenvalue weighted by atomic mass is 10.1. The standard InChI is InChI=1S/C22H19BrN4O2.C2HF3O2/c23-9-1-2-21(28)26-16-5-3-14(4-6-16)19-12-15(7-10-24-19)20-13-17-18(27-20)8-11-25-22(17)29;3-2(4,5)1(6)7/h1-7,10,12-13,27H,8-9,11H2,(H,25,29)(H,26,28);(H,6,7). The number of alkyl halides is 4. The molecule has 2 amide bonds. The number of allylic oxidation sites excluding steroid dienone is 1. The first-order valence-electron chi connectivity index (χ1n) is 10.5. The molecule has 3 aromatic rings. The van der Waals surface area contributed by atoms with E-state index in [1.165, 1.54) is 6.08 Å². The fourth-order valence-corrected chi connectivity index (χ4v) is 3.45. The van der Waals surface area contributed by atoms with Crippen molar-refractivity contribution in [2.75, 3.05) is 17.2 Å². The molecule has 0 radical (unpaired) electrons. The molecule has 1 aliphatic heterocycles. The molecule has 0 spiro atoms. The van der Waals surface area contributed by atoms with Crippen LogP contribution in [0.3, 0.4) is 0 Å². The second-order valence-corrected chi connectivity index (χ2v) is 8.08. The number of aromatic amines is 1. The van der Waals surface area contributed by atoms with Gasteiger partial charge in [0, 0.05) is 58.8 Å². The van der Waals surface area contributed by atoms with Gasteiger partial charge in [0.25, 0.3) is 5.91 Å². The van der Waals surface area contributed by atoms with E-state index in [1.807, 2.05) is 42.5 Å². The van der Waals surface area contributed by atoms with Gasteiger partial charge in [-0.05, 0) is 30.3 Å². The minimum atomic E-state index is -5.08. The summed E-state index contributed by atoms with van der Waals surface area (Å²) in [6, 6.07) is 13.3. The lowest BCUT2D eigenvalue weighted by Gasteiger charge is -2.11. The van der Waals surface area contributed by atoms with Crippen molar-refractivity contribution in [1.29, 1.82) is 0 Å². The number of pyridine rings is 1. The normalized spacial score (nSPS) is 12.8. The maximum atomic E-state index is 12.0. The number of amides is 2. The fourth-order valence-electron chi connectivity index (χ4n) is 3.26. The first kappa shape index (κ1) is 26.7. The Labute approximate surface area is 211 Å². The van der Waals surface area contributed by atoms with E-state index < -0.39 is 12.1 Å². The zero-order chi connectivity index (χ0) is 26.3. The number of H-pyrrole nitrogens is 1. The molecule has 4 N–H and O–H groups in total. The van der Waals surface area contributed by atoms with Crippen LogP contribution < -0.4 is 10.6 Å². The van der Waals surface area contributed by atoms with Crippen LogP contribution in [-0.2, 0) is 16.0 Å². The predicted molar refractivity (Wildman–Crippen MR) is 131 cm³/mol. The Hall–Kier alpha value is -3.93. The zero-order valence-electron chi connectivity index (χ0n) is 18.5. The maximum absolute atomic E-state index is 12.0. The lowest BCUT2D eigenvalue weighted by Crippen LogP contribution is -2.31. The van der Waals surface area contributed by atoms with Crippen molar-refractivity contribution in [1.82, 2.24) is 15.3 Å². The Morgan fingerprint density at radius 3 is 2.44 bits per heavy atom. The van der Waals surface area contributed by atoms with Gasteiger partial charge in [-0.1, -0.05) is 34.1 Å². The summed E-state index contributed by atoms with van der Waals surface area (Å²) < 4.78 is 31.7. The van der Waals surface area contributed by atoms with E-state index in [0.29, 0.717) is 17.4 Å². The SMILES string of the molecule is O=C(C=CCBr)Nc1ccc(-c2cc(-c3cc4c([nH]3)CCNC4=O)ccn2)cc1.O=C(O)C(F)(F)F. The van der Waals surface area contributed by atoms with Crippen molar-refractivity contribution < 1.29 is 32.7 Å². The molecule has 12 heteroatoms. The van der Waals surface area contributed by atoms with Crippen LogP contribution in [-0.4, -0.2) is 50.9 Å². The third-order valence-corrected chi connectivity index (χ3v) is 5.30. The minimum absolute atomic E-state index is 0.0355. The van der Waals surface area contributed by atoms with Crippen molar-refractivity contribution in [2.45, 2.75) is 12.6 Å². The Bertz CT molecular complexity index is 1290. The van der Waals surface area contributed by atoms with E-state index in [2.05, 4.69) is 36.5 Å². The highest BCUT2D eigenvalue weighted by Crippen LogP contribution is 2.27. The van der Waals surface area contributed by atoms with E-state index in [9.17, 15) is 22.8 Å². The van der Waals surface area contributed by atoms with Crippen molar-refractivity contribution >= 4 is 39.4 Å². The average Bonchev–Trinajstić information content (AvgIpc) is 3.29. The molecule has 0 bridgehead atoms. The molecule has 0 aliphatic carbocycles. The van der Waals surface area contributed by atoms with Crippen LogP contribution in [0.1, 0.15) is 16.1 Å². The van der Waals surface area contributed by atoms with Gasteiger partial charge in [-0.3, -0.25) is 14.6 Å². The Balaban J connectivity index is 0.000000454. The molecule has 1 aliphatic rings. The van der Waals surface area contributed by atoms with Crippen molar-refractivity contribution in [2.24, 2.45) is 0 Å². The molecular formula is C24H20BrF3N4O4. The van der Waals surface area contributed by atoms with Crippen LogP contribution >= 0.6 is 15.9 Å². The fraction of sp³-hybridized carbons (Fsp3) is 0.167. The molecule has 4 rings (SSSR count). The van der Waals surface area contributed by atoms with Crippen LogP contribution in [0.2, 0.25) is 0 Å². The van der Waals surface area contributed by atoms with E-state index >= 15 is 0 Å². The molecule has 8 nitrogen and oxygen atoms in total. The second-order valence-electron chi connectivity index (χ2n) is 7.44. The number of halogens is 4. The van der Waals surface area contributed by atoms with E-state index in [-0.39, 0.29) is 11.8 Å². The molecule has 36 heavy (non-hydrogen) atoms. The minimum Gasteiger partial charge on any atom is -0.475 e. The summed E-state index contributed by atoms with van der Waals surface area (Å²) >= 11 is 3.24. The highest BCUT2D eigenvalue weighted by molar-refractivity contribution is 9.09. The molecule has 3 heterocycles. The van der Waals surface area contributed by atoms with E-state index in [4.69, 9.17) is 9.90 Å². The summed E-state index contributed by atoms with van der Waals surface area (Å²) in [6.07, 6.45) is 0.702. The van der Waals surface area contributed by atoms with Gasteiger partial charge in [0.05, 0.1) is 11.3 Å². The Kier molecular flexibility index (Phi) is 8.64. The monoisotopic (exact) mass is 564 g/mol. The first-order chi connectivity index (χ1) is 17.1. The second kappa shape index (κ2) is 11.7. The number of rotatable bonds is 5. The number of nitrogens with one attached hydrogen (secondary N) is 3. The van der Waals surface area contributed by atoms with Crippen LogP contribution in [0.15, 0.2) is 60.8 Å². The van der Waals surface area contributed by atoms with Gasteiger partial charge in [-0.15, -0.1) is 0 Å². The van der Waals surface area contributed by atoms with E-state index in [0.717, 1.165) is 40.3 Å². The van der Waals surface area contributed by atoms with Gasteiger partial charge in [0.2, 0.25) is 5.91 Å². The van der Waals surface area contributed by atoms with E-state index in [1.54, 1.807) is 12.3 Å².